The monoisotopic (exact) mass is 359 g/mol. The molecule has 1 heterocycles. The third-order valence-electron chi connectivity index (χ3n) is 3.88. The highest BCUT2D eigenvalue weighted by atomic mass is 32.2. The van der Waals surface area contributed by atoms with Crippen molar-refractivity contribution in [2.75, 3.05) is 25.3 Å². The van der Waals surface area contributed by atoms with Gasteiger partial charge in [-0.15, -0.1) is 11.8 Å². The summed E-state index contributed by atoms with van der Waals surface area (Å²) in [6.45, 7) is 4.89. The van der Waals surface area contributed by atoms with Gasteiger partial charge in [-0.2, -0.15) is 0 Å². The number of aromatic nitrogens is 1. The number of carbonyl (C=O) groups is 1. The van der Waals surface area contributed by atoms with E-state index in [0.717, 1.165) is 11.3 Å². The molecule has 0 saturated carbocycles. The van der Waals surface area contributed by atoms with Crippen molar-refractivity contribution in [1.29, 1.82) is 0 Å². The van der Waals surface area contributed by atoms with E-state index in [-0.39, 0.29) is 12.1 Å². The van der Waals surface area contributed by atoms with Gasteiger partial charge in [0, 0.05) is 24.2 Å². The summed E-state index contributed by atoms with van der Waals surface area (Å²) in [7, 11) is 1.64. The minimum absolute atomic E-state index is 0.0522. The molecule has 0 bridgehead atoms. The maximum atomic E-state index is 12.8. The Kier molecular flexibility index (Phi) is 7.28. The fourth-order valence-corrected chi connectivity index (χ4v) is 2.83. The number of rotatable bonds is 7. The minimum Gasteiger partial charge on any atom is -0.383 e. The molecule has 2 amide bonds. The van der Waals surface area contributed by atoms with E-state index in [4.69, 9.17) is 4.74 Å². The fourth-order valence-electron chi connectivity index (χ4n) is 2.42. The number of nitrogens with one attached hydrogen (secondary N) is 1. The van der Waals surface area contributed by atoms with E-state index in [9.17, 15) is 4.79 Å². The molecule has 1 aromatic carbocycles. The lowest BCUT2D eigenvalue weighted by molar-refractivity contribution is 0.113. The minimum atomic E-state index is -0.163. The van der Waals surface area contributed by atoms with Crippen molar-refractivity contribution < 1.29 is 9.53 Å². The second-order valence-electron chi connectivity index (χ2n) is 5.90. The number of urea groups is 1. The molecule has 1 aromatic heterocycles. The number of anilines is 1. The van der Waals surface area contributed by atoms with Crippen molar-refractivity contribution in [2.24, 2.45) is 0 Å². The zero-order valence-electron chi connectivity index (χ0n) is 15.2. The predicted molar refractivity (Wildman–Crippen MR) is 103 cm³/mol. The van der Waals surface area contributed by atoms with Gasteiger partial charge in [-0.3, -0.25) is 4.98 Å². The fraction of sp³-hybridized carbons (Fsp3) is 0.368. The standard InChI is InChI=1S/C19H25N3O2S/c1-14-5-8-17(11-20-14)21-19(23)22(15(2)13-24-3)12-16-6-9-18(25-4)10-7-16/h5-11,15H,12-13H2,1-4H3,(H,21,23)/t15-/m0/s1. The summed E-state index contributed by atoms with van der Waals surface area (Å²) in [5.41, 5.74) is 2.68. The first-order chi connectivity index (χ1) is 12.0. The zero-order valence-corrected chi connectivity index (χ0v) is 16.0. The molecule has 5 nitrogen and oxygen atoms in total. The molecule has 6 heteroatoms. The molecule has 2 aromatic rings. The van der Waals surface area contributed by atoms with Gasteiger partial charge in [-0.05, 0) is 49.9 Å². The number of aryl methyl sites for hydroxylation is 1. The molecular formula is C19H25N3O2S. The van der Waals surface area contributed by atoms with Crippen LogP contribution in [0, 0.1) is 6.92 Å². The molecule has 0 aliphatic heterocycles. The third-order valence-corrected chi connectivity index (χ3v) is 4.62. The van der Waals surface area contributed by atoms with Crippen LogP contribution in [0.2, 0.25) is 0 Å². The topological polar surface area (TPSA) is 54.5 Å². The van der Waals surface area contributed by atoms with Crippen molar-refractivity contribution in [2.45, 2.75) is 31.3 Å². The predicted octanol–water partition coefficient (Wildman–Crippen LogP) is 4.18. The first kappa shape index (κ1) is 19.3. The Morgan fingerprint density at radius 1 is 1.28 bits per heavy atom. The highest BCUT2D eigenvalue weighted by Crippen LogP contribution is 2.17. The maximum absolute atomic E-state index is 12.8. The molecule has 0 unspecified atom stereocenters. The van der Waals surface area contributed by atoms with Crippen LogP contribution in [0.25, 0.3) is 0 Å². The normalized spacial score (nSPS) is 11.8. The van der Waals surface area contributed by atoms with Crippen molar-refractivity contribution in [3.63, 3.8) is 0 Å². The molecule has 0 radical (unpaired) electrons. The van der Waals surface area contributed by atoms with Gasteiger partial charge in [-0.1, -0.05) is 12.1 Å². The number of ether oxygens (including phenoxy) is 1. The Morgan fingerprint density at radius 3 is 2.56 bits per heavy atom. The Bertz CT molecular complexity index is 674. The van der Waals surface area contributed by atoms with E-state index in [2.05, 4.69) is 34.6 Å². The van der Waals surface area contributed by atoms with Crippen molar-refractivity contribution in [3.8, 4) is 0 Å². The van der Waals surface area contributed by atoms with Crippen LogP contribution in [0.3, 0.4) is 0 Å². The quantitative estimate of drug-likeness (QED) is 0.754. The van der Waals surface area contributed by atoms with E-state index in [1.165, 1.54) is 4.90 Å². The number of pyridine rings is 1. The number of amides is 2. The molecule has 0 aliphatic carbocycles. The number of hydrogen-bond donors (Lipinski definition) is 1. The van der Waals surface area contributed by atoms with Crippen LogP contribution >= 0.6 is 11.8 Å². The van der Waals surface area contributed by atoms with Crippen LogP contribution in [0.15, 0.2) is 47.5 Å². The number of methoxy groups -OCH3 is 1. The van der Waals surface area contributed by atoms with Crippen LogP contribution in [0.5, 0.6) is 0 Å². The molecule has 1 atom stereocenters. The third kappa shape index (κ3) is 5.76. The lowest BCUT2D eigenvalue weighted by Crippen LogP contribution is -2.43. The summed E-state index contributed by atoms with van der Waals surface area (Å²) >= 11 is 1.70. The lowest BCUT2D eigenvalue weighted by atomic mass is 10.2. The van der Waals surface area contributed by atoms with Gasteiger partial charge in [0.2, 0.25) is 0 Å². The molecule has 0 fully saturated rings. The largest absolute Gasteiger partial charge is 0.383 e. The summed E-state index contributed by atoms with van der Waals surface area (Å²) in [6.07, 6.45) is 3.71. The van der Waals surface area contributed by atoms with Gasteiger partial charge >= 0.3 is 6.03 Å². The molecule has 0 saturated heterocycles. The lowest BCUT2D eigenvalue weighted by Gasteiger charge is -2.29. The summed E-state index contributed by atoms with van der Waals surface area (Å²) < 4.78 is 5.24. The van der Waals surface area contributed by atoms with E-state index >= 15 is 0 Å². The maximum Gasteiger partial charge on any atom is 0.322 e. The molecule has 134 valence electrons. The highest BCUT2D eigenvalue weighted by Gasteiger charge is 2.20. The average molecular weight is 359 g/mol. The van der Waals surface area contributed by atoms with Crippen LogP contribution < -0.4 is 5.32 Å². The second kappa shape index (κ2) is 9.44. The van der Waals surface area contributed by atoms with Crippen molar-refractivity contribution in [1.82, 2.24) is 9.88 Å². The molecule has 2 rings (SSSR count). The summed E-state index contributed by atoms with van der Waals surface area (Å²) in [4.78, 5) is 20.0. The number of benzene rings is 1. The highest BCUT2D eigenvalue weighted by molar-refractivity contribution is 7.98. The molecular weight excluding hydrogens is 334 g/mol. The van der Waals surface area contributed by atoms with Crippen LogP contribution in [-0.2, 0) is 11.3 Å². The Labute approximate surface area is 153 Å². The second-order valence-corrected chi connectivity index (χ2v) is 6.78. The van der Waals surface area contributed by atoms with Crippen LogP contribution in [0.1, 0.15) is 18.2 Å². The summed E-state index contributed by atoms with van der Waals surface area (Å²) in [5, 5.41) is 2.92. The van der Waals surface area contributed by atoms with E-state index < -0.39 is 0 Å². The Balaban J connectivity index is 2.12. The van der Waals surface area contributed by atoms with E-state index in [1.807, 2.05) is 32.2 Å². The first-order valence-corrected chi connectivity index (χ1v) is 9.38. The SMILES string of the molecule is COC[C@H](C)N(Cc1ccc(SC)cc1)C(=O)Nc1ccc(C)nc1. The van der Waals surface area contributed by atoms with E-state index in [0.29, 0.717) is 18.8 Å². The van der Waals surface area contributed by atoms with E-state index in [1.54, 1.807) is 30.0 Å². The molecule has 1 N–H and O–H groups in total. The average Bonchev–Trinajstić information content (AvgIpc) is 2.62. The Hall–Kier alpha value is -2.05. The van der Waals surface area contributed by atoms with Crippen LogP contribution in [-0.4, -0.2) is 41.9 Å². The van der Waals surface area contributed by atoms with Crippen molar-refractivity contribution >= 4 is 23.5 Å². The molecule has 0 aliphatic rings. The number of hydrogen-bond acceptors (Lipinski definition) is 4. The summed E-state index contributed by atoms with van der Waals surface area (Å²) in [5.74, 6) is 0. The zero-order chi connectivity index (χ0) is 18.2. The Morgan fingerprint density at radius 2 is 2.00 bits per heavy atom. The van der Waals surface area contributed by atoms with Gasteiger partial charge < -0.3 is 15.0 Å². The summed E-state index contributed by atoms with van der Waals surface area (Å²) in [6, 6.07) is 11.8. The number of nitrogens with zero attached hydrogens (tertiary/aromatic N) is 2. The smallest absolute Gasteiger partial charge is 0.322 e. The first-order valence-electron chi connectivity index (χ1n) is 8.15. The van der Waals surface area contributed by atoms with Crippen molar-refractivity contribution in [3.05, 3.63) is 53.9 Å². The number of carbonyl (C=O) groups excluding carboxylic acids is 1. The number of thioether (sulfide) groups is 1. The van der Waals surface area contributed by atoms with Gasteiger partial charge in [0.05, 0.1) is 24.5 Å². The van der Waals surface area contributed by atoms with Crippen LogP contribution in [0.4, 0.5) is 10.5 Å². The van der Waals surface area contributed by atoms with Gasteiger partial charge in [-0.25, -0.2) is 4.79 Å². The molecule has 25 heavy (non-hydrogen) atoms. The molecule has 0 spiro atoms. The van der Waals surface area contributed by atoms with Gasteiger partial charge in [0.15, 0.2) is 0 Å². The van der Waals surface area contributed by atoms with Gasteiger partial charge in [0.1, 0.15) is 0 Å². The van der Waals surface area contributed by atoms with Gasteiger partial charge in [0.25, 0.3) is 0 Å².